The van der Waals surface area contributed by atoms with E-state index >= 15 is 0 Å². The molecule has 0 aromatic carbocycles. The van der Waals surface area contributed by atoms with Gasteiger partial charge in [0, 0.05) is 0 Å². The lowest BCUT2D eigenvalue weighted by atomic mass is 9.58. The molecule has 0 amide bonds. The van der Waals surface area contributed by atoms with Crippen LogP contribution in [0.3, 0.4) is 0 Å². The standard InChI is InChI=1S/C16H32O/c1-13(2,3)8-9-16(17)11-14(4,5)10-15(6,7)12-16/h17H,8-12H2,1-7H3. The molecule has 1 nitrogen and oxygen atoms in total. The van der Waals surface area contributed by atoms with Crippen molar-refractivity contribution in [2.24, 2.45) is 16.2 Å². The molecule has 1 aliphatic carbocycles. The maximum atomic E-state index is 10.9. The zero-order valence-corrected chi connectivity index (χ0v) is 13.0. The summed E-state index contributed by atoms with van der Waals surface area (Å²) in [6.45, 7) is 16.0. The molecule has 1 fully saturated rings. The molecule has 0 atom stereocenters. The van der Waals surface area contributed by atoms with Crippen LogP contribution in [0.2, 0.25) is 0 Å². The van der Waals surface area contributed by atoms with Crippen molar-refractivity contribution in [3.8, 4) is 0 Å². The van der Waals surface area contributed by atoms with E-state index in [1.165, 1.54) is 6.42 Å². The Bertz CT molecular complexity index is 252. The van der Waals surface area contributed by atoms with E-state index in [1.807, 2.05) is 0 Å². The Kier molecular flexibility index (Phi) is 3.76. The first kappa shape index (κ1) is 15.0. The predicted molar refractivity (Wildman–Crippen MR) is 75.1 cm³/mol. The fourth-order valence-electron chi connectivity index (χ4n) is 4.05. The highest BCUT2D eigenvalue weighted by Crippen LogP contribution is 2.52. The van der Waals surface area contributed by atoms with Crippen molar-refractivity contribution in [1.29, 1.82) is 0 Å². The maximum absolute atomic E-state index is 10.9. The van der Waals surface area contributed by atoms with Crippen LogP contribution in [0.25, 0.3) is 0 Å². The third-order valence-electron chi connectivity index (χ3n) is 3.91. The molecule has 0 radical (unpaired) electrons. The lowest BCUT2D eigenvalue weighted by Gasteiger charge is -2.50. The Hall–Kier alpha value is -0.0400. The Balaban J connectivity index is 2.74. The van der Waals surface area contributed by atoms with E-state index in [9.17, 15) is 5.11 Å². The van der Waals surface area contributed by atoms with Gasteiger partial charge in [-0.1, -0.05) is 48.5 Å². The van der Waals surface area contributed by atoms with E-state index in [2.05, 4.69) is 48.5 Å². The Morgan fingerprint density at radius 1 is 0.882 bits per heavy atom. The molecule has 1 saturated carbocycles. The topological polar surface area (TPSA) is 20.2 Å². The molecular weight excluding hydrogens is 208 g/mol. The van der Waals surface area contributed by atoms with Crippen LogP contribution in [-0.2, 0) is 0 Å². The summed E-state index contributed by atoms with van der Waals surface area (Å²) in [5.41, 5.74) is 0.419. The minimum absolute atomic E-state index is 0.272. The van der Waals surface area contributed by atoms with Gasteiger partial charge in [0.1, 0.15) is 0 Å². The van der Waals surface area contributed by atoms with Crippen molar-refractivity contribution in [2.45, 2.75) is 86.2 Å². The van der Waals surface area contributed by atoms with Crippen molar-refractivity contribution in [3.63, 3.8) is 0 Å². The molecule has 0 aliphatic heterocycles. The second kappa shape index (κ2) is 4.26. The van der Waals surface area contributed by atoms with Crippen LogP contribution >= 0.6 is 0 Å². The lowest BCUT2D eigenvalue weighted by Crippen LogP contribution is -2.46. The molecule has 1 heteroatoms. The van der Waals surface area contributed by atoms with Gasteiger partial charge in [0.2, 0.25) is 0 Å². The van der Waals surface area contributed by atoms with Gasteiger partial charge < -0.3 is 5.11 Å². The third-order valence-corrected chi connectivity index (χ3v) is 3.91. The summed E-state index contributed by atoms with van der Waals surface area (Å²) in [6, 6.07) is 0. The summed E-state index contributed by atoms with van der Waals surface area (Å²) >= 11 is 0. The van der Waals surface area contributed by atoms with Crippen molar-refractivity contribution in [2.75, 3.05) is 0 Å². The number of hydrogen-bond donors (Lipinski definition) is 1. The first-order valence-corrected chi connectivity index (χ1v) is 7.05. The highest BCUT2D eigenvalue weighted by molar-refractivity contribution is 4.98. The van der Waals surface area contributed by atoms with Gasteiger partial charge in [0.05, 0.1) is 5.60 Å². The molecule has 17 heavy (non-hydrogen) atoms. The minimum atomic E-state index is -0.446. The number of aliphatic hydroxyl groups is 1. The molecule has 0 unspecified atom stereocenters. The van der Waals surface area contributed by atoms with E-state index in [-0.39, 0.29) is 10.8 Å². The van der Waals surface area contributed by atoms with Gasteiger partial charge in [-0.05, 0) is 48.3 Å². The highest BCUT2D eigenvalue weighted by atomic mass is 16.3. The van der Waals surface area contributed by atoms with Crippen LogP contribution in [0.4, 0.5) is 0 Å². The monoisotopic (exact) mass is 240 g/mol. The Labute approximate surface area is 108 Å². The van der Waals surface area contributed by atoms with E-state index in [1.54, 1.807) is 0 Å². The van der Waals surface area contributed by atoms with Crippen LogP contribution in [0.1, 0.15) is 80.6 Å². The first-order chi connectivity index (χ1) is 7.33. The Morgan fingerprint density at radius 3 is 1.65 bits per heavy atom. The van der Waals surface area contributed by atoms with Gasteiger partial charge in [0.25, 0.3) is 0 Å². The van der Waals surface area contributed by atoms with E-state index in [0.717, 1.165) is 25.7 Å². The fraction of sp³-hybridized carbons (Fsp3) is 1.00. The summed E-state index contributed by atoms with van der Waals surface area (Å²) in [5.74, 6) is 0. The largest absolute Gasteiger partial charge is 0.390 e. The van der Waals surface area contributed by atoms with Crippen LogP contribution in [0.5, 0.6) is 0 Å². The van der Waals surface area contributed by atoms with Gasteiger partial charge in [-0.25, -0.2) is 0 Å². The van der Waals surface area contributed by atoms with Crippen LogP contribution in [-0.4, -0.2) is 10.7 Å². The average Bonchev–Trinajstić information content (AvgIpc) is 1.92. The van der Waals surface area contributed by atoms with E-state index < -0.39 is 5.60 Å². The van der Waals surface area contributed by atoms with Crippen LogP contribution in [0, 0.1) is 16.2 Å². The van der Waals surface area contributed by atoms with Gasteiger partial charge in [-0.3, -0.25) is 0 Å². The van der Waals surface area contributed by atoms with Crippen molar-refractivity contribution >= 4 is 0 Å². The smallest absolute Gasteiger partial charge is 0.0658 e. The molecule has 0 aromatic rings. The molecule has 0 heterocycles. The van der Waals surface area contributed by atoms with Gasteiger partial charge in [0.15, 0.2) is 0 Å². The summed E-state index contributed by atoms with van der Waals surface area (Å²) < 4.78 is 0. The fourth-order valence-corrected chi connectivity index (χ4v) is 4.05. The second-order valence-corrected chi connectivity index (χ2v) is 9.14. The summed E-state index contributed by atoms with van der Waals surface area (Å²) in [6.07, 6.45) is 5.19. The molecule has 102 valence electrons. The van der Waals surface area contributed by atoms with Gasteiger partial charge >= 0.3 is 0 Å². The Morgan fingerprint density at radius 2 is 1.29 bits per heavy atom. The highest BCUT2D eigenvalue weighted by Gasteiger charge is 2.46. The van der Waals surface area contributed by atoms with Crippen LogP contribution in [0.15, 0.2) is 0 Å². The van der Waals surface area contributed by atoms with E-state index in [4.69, 9.17) is 0 Å². The average molecular weight is 240 g/mol. The molecule has 0 saturated heterocycles. The normalized spacial score (nSPS) is 26.8. The van der Waals surface area contributed by atoms with Crippen molar-refractivity contribution in [1.82, 2.24) is 0 Å². The maximum Gasteiger partial charge on any atom is 0.0658 e. The summed E-state index contributed by atoms with van der Waals surface area (Å²) in [5, 5.41) is 10.9. The first-order valence-electron chi connectivity index (χ1n) is 7.05. The SMILES string of the molecule is CC(C)(C)CCC1(O)CC(C)(C)CC(C)(C)C1. The van der Waals surface area contributed by atoms with Gasteiger partial charge in [-0.2, -0.15) is 0 Å². The zero-order chi connectivity index (χ0) is 13.5. The molecule has 1 N–H and O–H groups in total. The lowest BCUT2D eigenvalue weighted by molar-refractivity contribution is -0.0949. The number of hydrogen-bond acceptors (Lipinski definition) is 1. The van der Waals surface area contributed by atoms with Crippen molar-refractivity contribution < 1.29 is 5.11 Å². The number of rotatable bonds is 2. The van der Waals surface area contributed by atoms with Crippen LogP contribution < -0.4 is 0 Å². The zero-order valence-electron chi connectivity index (χ0n) is 13.0. The summed E-state index contributed by atoms with van der Waals surface area (Å²) in [7, 11) is 0. The van der Waals surface area contributed by atoms with E-state index in [0.29, 0.717) is 5.41 Å². The third kappa shape index (κ3) is 4.99. The molecule has 0 aromatic heterocycles. The van der Waals surface area contributed by atoms with Crippen molar-refractivity contribution in [3.05, 3.63) is 0 Å². The molecule has 1 rings (SSSR count). The van der Waals surface area contributed by atoms with Gasteiger partial charge in [-0.15, -0.1) is 0 Å². The quantitative estimate of drug-likeness (QED) is 0.736. The second-order valence-electron chi connectivity index (χ2n) is 9.14. The summed E-state index contributed by atoms with van der Waals surface area (Å²) in [4.78, 5) is 0. The minimum Gasteiger partial charge on any atom is -0.390 e. The molecule has 0 spiro atoms. The molecule has 0 bridgehead atoms. The molecular formula is C16H32O. The predicted octanol–water partition coefficient (Wildman–Crippen LogP) is 4.78. The molecule has 1 aliphatic rings.